The lowest BCUT2D eigenvalue weighted by molar-refractivity contribution is 0.188. The Morgan fingerprint density at radius 3 is 2.91 bits per heavy atom. The first-order chi connectivity index (χ1) is 10.7. The molecule has 0 saturated carbocycles. The highest BCUT2D eigenvalue weighted by molar-refractivity contribution is 5.75. The molecule has 1 N–H and O–H groups in total. The van der Waals surface area contributed by atoms with Crippen molar-refractivity contribution >= 4 is 6.03 Å². The second kappa shape index (κ2) is 6.60. The van der Waals surface area contributed by atoms with Gasteiger partial charge < -0.3 is 14.8 Å². The van der Waals surface area contributed by atoms with Crippen LogP contribution in [0.2, 0.25) is 0 Å². The lowest BCUT2D eigenvalue weighted by Crippen LogP contribution is -2.44. The van der Waals surface area contributed by atoms with Crippen LogP contribution in [-0.4, -0.2) is 38.1 Å². The molecule has 0 unspecified atom stereocenters. The van der Waals surface area contributed by atoms with Crippen LogP contribution in [0.1, 0.15) is 31.4 Å². The third-order valence-corrected chi connectivity index (χ3v) is 4.02. The van der Waals surface area contributed by atoms with E-state index in [2.05, 4.69) is 15.3 Å². The smallest absolute Gasteiger partial charge is 0.318 e. The second-order valence-electron chi connectivity index (χ2n) is 5.74. The van der Waals surface area contributed by atoms with Gasteiger partial charge in [0, 0.05) is 43.9 Å². The van der Waals surface area contributed by atoms with Gasteiger partial charge in [-0.3, -0.25) is 4.98 Å². The van der Waals surface area contributed by atoms with Gasteiger partial charge in [0.2, 0.25) is 0 Å². The molecule has 0 spiro atoms. The highest BCUT2D eigenvalue weighted by Gasteiger charge is 2.30. The van der Waals surface area contributed by atoms with Crippen molar-refractivity contribution in [2.45, 2.75) is 38.4 Å². The van der Waals surface area contributed by atoms with Gasteiger partial charge in [-0.25, -0.2) is 9.78 Å². The zero-order valence-electron chi connectivity index (χ0n) is 12.7. The molecule has 3 heterocycles. The minimum Gasteiger partial charge on any atom is -0.335 e. The average Bonchev–Trinajstić information content (AvgIpc) is 3.18. The van der Waals surface area contributed by atoms with Crippen molar-refractivity contribution in [3.05, 3.63) is 48.8 Å². The van der Waals surface area contributed by atoms with E-state index in [0.717, 1.165) is 31.5 Å². The molecule has 2 aromatic heterocycles. The topological polar surface area (TPSA) is 63.1 Å². The molecule has 3 rings (SSSR count). The Bertz CT molecular complexity index is 598. The maximum absolute atomic E-state index is 12.5. The Kier molecular flexibility index (Phi) is 4.37. The maximum atomic E-state index is 12.5. The molecule has 2 amide bonds. The highest BCUT2D eigenvalue weighted by Crippen LogP contribution is 2.31. The fourth-order valence-electron chi connectivity index (χ4n) is 2.99. The van der Waals surface area contributed by atoms with Gasteiger partial charge in [-0.1, -0.05) is 0 Å². The number of hydrogen-bond acceptors (Lipinski definition) is 3. The molecule has 6 heteroatoms. The number of pyridine rings is 1. The molecule has 22 heavy (non-hydrogen) atoms. The zero-order valence-corrected chi connectivity index (χ0v) is 12.7. The summed E-state index contributed by atoms with van der Waals surface area (Å²) in [5.74, 6) is 0. The zero-order chi connectivity index (χ0) is 15.4. The van der Waals surface area contributed by atoms with E-state index in [-0.39, 0.29) is 18.1 Å². The largest absolute Gasteiger partial charge is 0.335 e. The number of imidazole rings is 1. The van der Waals surface area contributed by atoms with Crippen LogP contribution in [0, 0.1) is 0 Å². The Morgan fingerprint density at radius 1 is 1.36 bits per heavy atom. The van der Waals surface area contributed by atoms with Crippen LogP contribution in [0.3, 0.4) is 0 Å². The number of carbonyl (C=O) groups excluding carboxylic acids is 1. The molecule has 0 aliphatic carbocycles. The van der Waals surface area contributed by atoms with E-state index in [4.69, 9.17) is 0 Å². The fourth-order valence-corrected chi connectivity index (χ4v) is 2.99. The molecule has 6 nitrogen and oxygen atoms in total. The van der Waals surface area contributed by atoms with Gasteiger partial charge in [-0.2, -0.15) is 0 Å². The first-order valence-corrected chi connectivity index (χ1v) is 7.67. The molecule has 0 radical (unpaired) electrons. The normalized spacial score (nSPS) is 19.1. The lowest BCUT2D eigenvalue weighted by Gasteiger charge is -2.27. The maximum Gasteiger partial charge on any atom is 0.318 e. The van der Waals surface area contributed by atoms with E-state index >= 15 is 0 Å². The number of hydrogen-bond donors (Lipinski definition) is 1. The van der Waals surface area contributed by atoms with Gasteiger partial charge in [-0.15, -0.1) is 0 Å². The van der Waals surface area contributed by atoms with Crippen LogP contribution in [0.15, 0.2) is 43.2 Å². The second-order valence-corrected chi connectivity index (χ2v) is 5.74. The summed E-state index contributed by atoms with van der Waals surface area (Å²) in [6.45, 7) is 3.53. The van der Waals surface area contributed by atoms with Crippen molar-refractivity contribution < 1.29 is 4.79 Å². The van der Waals surface area contributed by atoms with Crippen LogP contribution in [-0.2, 0) is 6.54 Å². The van der Waals surface area contributed by atoms with E-state index < -0.39 is 0 Å². The summed E-state index contributed by atoms with van der Waals surface area (Å²) < 4.78 is 1.97. The van der Waals surface area contributed by atoms with Crippen LogP contribution < -0.4 is 5.32 Å². The van der Waals surface area contributed by atoms with E-state index in [0.29, 0.717) is 0 Å². The summed E-state index contributed by atoms with van der Waals surface area (Å²) in [6.07, 6.45) is 11.0. The Hall–Kier alpha value is -2.37. The molecule has 0 bridgehead atoms. The van der Waals surface area contributed by atoms with E-state index in [1.54, 1.807) is 24.9 Å². The third-order valence-electron chi connectivity index (χ3n) is 4.02. The highest BCUT2D eigenvalue weighted by atomic mass is 16.2. The molecule has 1 saturated heterocycles. The first-order valence-electron chi connectivity index (χ1n) is 7.67. The number of urea groups is 1. The fraction of sp³-hybridized carbons (Fsp3) is 0.438. The Morgan fingerprint density at radius 2 is 2.18 bits per heavy atom. The van der Waals surface area contributed by atoms with Crippen molar-refractivity contribution in [1.29, 1.82) is 0 Å². The van der Waals surface area contributed by atoms with Gasteiger partial charge in [0.05, 0.1) is 12.4 Å². The summed E-state index contributed by atoms with van der Waals surface area (Å²) in [6, 6.07) is 4.20. The minimum absolute atomic E-state index is 0.00641. The molecule has 2 aromatic rings. The van der Waals surface area contributed by atoms with Gasteiger partial charge in [0.25, 0.3) is 0 Å². The standard InChI is InChI=1S/C16H21N5O/c1-13(11-20-10-8-18-12-20)19-16(22)21-9-2-3-15(21)14-4-6-17-7-5-14/h4-8,10,12-13,15H,2-3,9,11H2,1H3,(H,19,22)/t13-,15+/m1/s1. The number of rotatable bonds is 4. The van der Waals surface area contributed by atoms with E-state index in [1.165, 1.54) is 0 Å². The lowest BCUT2D eigenvalue weighted by atomic mass is 10.1. The predicted octanol–water partition coefficient (Wildman–Crippen LogP) is 2.21. The first kappa shape index (κ1) is 14.6. The van der Waals surface area contributed by atoms with Gasteiger partial charge >= 0.3 is 6.03 Å². The summed E-state index contributed by atoms with van der Waals surface area (Å²) >= 11 is 0. The van der Waals surface area contributed by atoms with Gasteiger partial charge in [0.15, 0.2) is 0 Å². The summed E-state index contributed by atoms with van der Waals surface area (Å²) in [7, 11) is 0. The monoisotopic (exact) mass is 299 g/mol. The molecule has 116 valence electrons. The average molecular weight is 299 g/mol. The van der Waals surface area contributed by atoms with Crippen LogP contribution >= 0.6 is 0 Å². The van der Waals surface area contributed by atoms with Crippen LogP contribution in [0.5, 0.6) is 0 Å². The van der Waals surface area contributed by atoms with E-state index in [1.807, 2.05) is 34.7 Å². The summed E-state index contributed by atoms with van der Waals surface area (Å²) in [5, 5.41) is 3.08. The molecular formula is C16H21N5O. The number of likely N-dealkylation sites (tertiary alicyclic amines) is 1. The van der Waals surface area contributed by atoms with Crippen molar-refractivity contribution in [2.75, 3.05) is 6.54 Å². The summed E-state index contributed by atoms with van der Waals surface area (Å²) in [5.41, 5.74) is 1.16. The Labute approximate surface area is 130 Å². The SMILES string of the molecule is C[C@H](Cn1ccnc1)NC(=O)N1CCC[C@H]1c1ccncc1. The number of nitrogens with one attached hydrogen (secondary N) is 1. The molecule has 1 aliphatic rings. The van der Waals surface area contributed by atoms with Gasteiger partial charge in [0.1, 0.15) is 0 Å². The van der Waals surface area contributed by atoms with Crippen molar-refractivity contribution in [3.8, 4) is 0 Å². The third kappa shape index (κ3) is 3.27. The number of nitrogens with zero attached hydrogens (tertiary/aromatic N) is 4. The molecule has 1 aliphatic heterocycles. The van der Waals surface area contributed by atoms with Crippen molar-refractivity contribution in [2.24, 2.45) is 0 Å². The van der Waals surface area contributed by atoms with Crippen molar-refractivity contribution in [3.63, 3.8) is 0 Å². The number of amides is 2. The Balaban J connectivity index is 1.61. The van der Waals surface area contributed by atoms with Gasteiger partial charge in [-0.05, 0) is 37.5 Å². The van der Waals surface area contributed by atoms with Crippen molar-refractivity contribution in [1.82, 2.24) is 24.8 Å². The van der Waals surface area contributed by atoms with Crippen LogP contribution in [0.4, 0.5) is 4.79 Å². The summed E-state index contributed by atoms with van der Waals surface area (Å²) in [4.78, 5) is 22.5. The predicted molar refractivity (Wildman–Crippen MR) is 83.1 cm³/mol. The van der Waals surface area contributed by atoms with Crippen LogP contribution in [0.25, 0.3) is 0 Å². The molecule has 1 fully saturated rings. The number of carbonyl (C=O) groups is 1. The van der Waals surface area contributed by atoms with E-state index in [9.17, 15) is 4.79 Å². The molecule has 2 atom stereocenters. The quantitative estimate of drug-likeness (QED) is 0.941. The molecular weight excluding hydrogens is 278 g/mol. The minimum atomic E-state index is 0.00641. The number of aromatic nitrogens is 3. The molecule has 0 aromatic carbocycles.